The van der Waals surface area contributed by atoms with Crippen LogP contribution in [0.25, 0.3) is 0 Å². The van der Waals surface area contributed by atoms with Crippen LogP contribution in [0.1, 0.15) is 25.7 Å². The summed E-state index contributed by atoms with van der Waals surface area (Å²) in [6.07, 6.45) is 2.58. The van der Waals surface area contributed by atoms with E-state index in [2.05, 4.69) is 5.32 Å². The van der Waals surface area contributed by atoms with Gasteiger partial charge in [0.2, 0.25) is 15.9 Å². The second-order valence-corrected chi connectivity index (χ2v) is 8.30. The van der Waals surface area contributed by atoms with E-state index in [9.17, 15) is 13.2 Å². The number of nitrogens with one attached hydrogen (secondary N) is 1. The van der Waals surface area contributed by atoms with Gasteiger partial charge in [0.15, 0.2) is 0 Å². The molecule has 1 heterocycles. The number of amides is 1. The van der Waals surface area contributed by atoms with Crippen LogP contribution in [0.2, 0.25) is 10.0 Å². The molecule has 3 N–H and O–H groups in total. The minimum Gasteiger partial charge on any atom is -0.354 e. The summed E-state index contributed by atoms with van der Waals surface area (Å²) in [5.41, 5.74) is 5.35. The van der Waals surface area contributed by atoms with Gasteiger partial charge >= 0.3 is 0 Å². The van der Waals surface area contributed by atoms with Crippen LogP contribution in [0, 0.1) is 0 Å². The maximum atomic E-state index is 13.0. The molecular weight excluding hydrogens is 373 g/mol. The van der Waals surface area contributed by atoms with Crippen molar-refractivity contribution in [1.82, 2.24) is 9.62 Å². The molecule has 1 atom stereocenters. The molecule has 6 nitrogen and oxygen atoms in total. The average Bonchev–Trinajstić information content (AvgIpc) is 2.56. The molecule has 24 heavy (non-hydrogen) atoms. The van der Waals surface area contributed by atoms with E-state index in [0.29, 0.717) is 13.0 Å². The van der Waals surface area contributed by atoms with Crippen molar-refractivity contribution in [3.8, 4) is 0 Å². The van der Waals surface area contributed by atoms with Crippen molar-refractivity contribution in [2.45, 2.75) is 36.6 Å². The van der Waals surface area contributed by atoms with Crippen LogP contribution >= 0.6 is 23.2 Å². The monoisotopic (exact) mass is 393 g/mol. The zero-order valence-electron chi connectivity index (χ0n) is 13.2. The lowest BCUT2D eigenvalue weighted by atomic mass is 10.1. The van der Waals surface area contributed by atoms with E-state index in [-0.39, 0.29) is 46.4 Å². The summed E-state index contributed by atoms with van der Waals surface area (Å²) in [4.78, 5) is 11.6. The highest BCUT2D eigenvalue weighted by molar-refractivity contribution is 7.89. The molecular formula is C15H21Cl2N3O3S. The van der Waals surface area contributed by atoms with E-state index in [4.69, 9.17) is 28.9 Å². The molecule has 0 aliphatic carbocycles. The van der Waals surface area contributed by atoms with Gasteiger partial charge in [0.1, 0.15) is 4.90 Å². The van der Waals surface area contributed by atoms with E-state index in [0.717, 1.165) is 12.8 Å². The van der Waals surface area contributed by atoms with Crippen molar-refractivity contribution in [3.05, 3.63) is 28.2 Å². The van der Waals surface area contributed by atoms with Crippen LogP contribution in [-0.2, 0) is 14.8 Å². The summed E-state index contributed by atoms with van der Waals surface area (Å²) in [5, 5.41) is 2.97. The Balaban J connectivity index is 2.22. The van der Waals surface area contributed by atoms with Crippen molar-refractivity contribution >= 4 is 39.1 Å². The third kappa shape index (κ3) is 4.40. The second kappa shape index (κ2) is 8.49. The minimum atomic E-state index is -3.78. The third-order valence-electron chi connectivity index (χ3n) is 3.98. The van der Waals surface area contributed by atoms with Gasteiger partial charge in [-0.25, -0.2) is 8.42 Å². The highest BCUT2D eigenvalue weighted by atomic mass is 35.5. The first kappa shape index (κ1) is 19.5. The summed E-state index contributed by atoms with van der Waals surface area (Å²) in [6, 6.07) is 4.25. The summed E-state index contributed by atoms with van der Waals surface area (Å²) in [7, 11) is -3.78. The smallest absolute Gasteiger partial charge is 0.244 e. The van der Waals surface area contributed by atoms with E-state index in [1.54, 1.807) is 12.1 Å². The lowest BCUT2D eigenvalue weighted by Gasteiger charge is -2.35. The molecule has 0 aromatic heterocycles. The topological polar surface area (TPSA) is 92.5 Å². The van der Waals surface area contributed by atoms with E-state index in [1.807, 2.05) is 0 Å². The first-order chi connectivity index (χ1) is 11.4. The lowest BCUT2D eigenvalue weighted by molar-refractivity contribution is -0.121. The fourth-order valence-electron chi connectivity index (χ4n) is 2.76. The fraction of sp³-hybridized carbons (Fsp3) is 0.533. The molecule has 134 valence electrons. The number of sulfonamides is 1. The number of hydrogen-bond acceptors (Lipinski definition) is 4. The average molecular weight is 394 g/mol. The van der Waals surface area contributed by atoms with Gasteiger partial charge in [-0.1, -0.05) is 35.7 Å². The summed E-state index contributed by atoms with van der Waals surface area (Å²) in [6.45, 7) is 0.912. The Morgan fingerprint density at radius 3 is 2.79 bits per heavy atom. The Labute approximate surface area is 152 Å². The zero-order chi connectivity index (χ0) is 17.7. The Morgan fingerprint density at radius 2 is 2.08 bits per heavy atom. The van der Waals surface area contributed by atoms with Crippen LogP contribution in [0.3, 0.4) is 0 Å². The quantitative estimate of drug-likeness (QED) is 0.772. The summed E-state index contributed by atoms with van der Waals surface area (Å²) < 4.78 is 27.4. The van der Waals surface area contributed by atoms with Gasteiger partial charge in [-0.3, -0.25) is 4.79 Å². The van der Waals surface area contributed by atoms with Gasteiger partial charge in [0.05, 0.1) is 10.0 Å². The Morgan fingerprint density at radius 1 is 1.33 bits per heavy atom. The Bertz CT molecular complexity index is 697. The molecule has 0 radical (unpaired) electrons. The maximum Gasteiger partial charge on any atom is 0.244 e. The largest absolute Gasteiger partial charge is 0.354 e. The molecule has 1 aliphatic rings. The molecule has 2 rings (SSSR count). The molecule has 1 fully saturated rings. The maximum absolute atomic E-state index is 13.0. The number of rotatable bonds is 6. The highest BCUT2D eigenvalue weighted by Crippen LogP contribution is 2.33. The van der Waals surface area contributed by atoms with E-state index >= 15 is 0 Å². The molecule has 1 aromatic rings. The Hall–Kier alpha value is -0.860. The van der Waals surface area contributed by atoms with Crippen LogP contribution < -0.4 is 11.1 Å². The number of benzene rings is 1. The van der Waals surface area contributed by atoms with Gasteiger partial charge in [-0.2, -0.15) is 4.31 Å². The van der Waals surface area contributed by atoms with Gasteiger partial charge in [-0.15, -0.1) is 0 Å². The third-order valence-corrected chi connectivity index (χ3v) is 6.91. The molecule has 1 amide bonds. The number of halogens is 2. The summed E-state index contributed by atoms with van der Waals surface area (Å²) in [5.74, 6) is -0.179. The Kier molecular flexibility index (Phi) is 6.88. The van der Waals surface area contributed by atoms with Crippen LogP contribution in [-0.4, -0.2) is 44.3 Å². The molecule has 1 aromatic carbocycles. The molecule has 1 unspecified atom stereocenters. The number of hydrogen-bond donors (Lipinski definition) is 2. The standard InChI is InChI=1S/C15H21Cl2N3O3S/c16-12-5-3-6-13(15(12)17)24(22,23)20-9-2-1-4-11(20)10-19-14(21)7-8-18/h3,5-6,11H,1-2,4,7-10,18H2,(H,19,21). The van der Waals surface area contributed by atoms with Gasteiger partial charge in [0.25, 0.3) is 0 Å². The predicted octanol–water partition coefficient (Wildman–Crippen LogP) is 2.00. The highest BCUT2D eigenvalue weighted by Gasteiger charge is 2.35. The van der Waals surface area contributed by atoms with Crippen molar-refractivity contribution in [2.24, 2.45) is 5.73 Å². The van der Waals surface area contributed by atoms with Crippen LogP contribution in [0.4, 0.5) is 0 Å². The van der Waals surface area contributed by atoms with Gasteiger partial charge in [-0.05, 0) is 25.0 Å². The fourth-order valence-corrected chi connectivity index (χ4v) is 5.19. The summed E-state index contributed by atoms with van der Waals surface area (Å²) >= 11 is 12.0. The second-order valence-electron chi connectivity index (χ2n) is 5.66. The first-order valence-corrected chi connectivity index (χ1v) is 10.00. The molecule has 0 bridgehead atoms. The SMILES string of the molecule is NCCC(=O)NCC1CCCCN1S(=O)(=O)c1cccc(Cl)c1Cl. The zero-order valence-corrected chi connectivity index (χ0v) is 15.5. The number of piperidine rings is 1. The van der Waals surface area contributed by atoms with Crippen molar-refractivity contribution in [2.75, 3.05) is 19.6 Å². The number of carbonyl (C=O) groups is 1. The van der Waals surface area contributed by atoms with E-state index in [1.165, 1.54) is 10.4 Å². The number of nitrogens with two attached hydrogens (primary N) is 1. The van der Waals surface area contributed by atoms with Crippen LogP contribution in [0.15, 0.2) is 23.1 Å². The molecule has 0 spiro atoms. The van der Waals surface area contributed by atoms with Crippen molar-refractivity contribution in [3.63, 3.8) is 0 Å². The number of nitrogens with zero attached hydrogens (tertiary/aromatic N) is 1. The van der Waals surface area contributed by atoms with Crippen LogP contribution in [0.5, 0.6) is 0 Å². The lowest BCUT2D eigenvalue weighted by Crippen LogP contribution is -2.49. The molecule has 1 aliphatic heterocycles. The molecule has 1 saturated heterocycles. The van der Waals surface area contributed by atoms with Gasteiger partial charge < -0.3 is 11.1 Å². The van der Waals surface area contributed by atoms with Crippen molar-refractivity contribution < 1.29 is 13.2 Å². The first-order valence-electron chi connectivity index (χ1n) is 7.80. The normalized spacial score (nSPS) is 19.2. The molecule has 0 saturated carbocycles. The minimum absolute atomic E-state index is 0.00292. The van der Waals surface area contributed by atoms with Crippen molar-refractivity contribution in [1.29, 1.82) is 0 Å². The molecule has 9 heteroatoms. The van der Waals surface area contributed by atoms with E-state index < -0.39 is 10.0 Å². The predicted molar refractivity (Wildman–Crippen MR) is 94.7 cm³/mol. The number of carbonyl (C=O) groups excluding carboxylic acids is 1. The van der Waals surface area contributed by atoms with Gasteiger partial charge in [0, 0.05) is 32.1 Å².